The van der Waals surface area contributed by atoms with E-state index in [2.05, 4.69) is 25.9 Å². The van der Waals surface area contributed by atoms with Gasteiger partial charge in [-0.1, -0.05) is 19.3 Å². The lowest BCUT2D eigenvalue weighted by molar-refractivity contribution is 0.0903. The van der Waals surface area contributed by atoms with Crippen LogP contribution in [0.3, 0.4) is 0 Å². The molecule has 4 heterocycles. The monoisotopic (exact) mass is 339 g/mol. The molecule has 2 fully saturated rings. The molecule has 1 saturated heterocycles. The third kappa shape index (κ3) is 2.63. The molecule has 1 spiro atoms. The fraction of sp³-hybridized carbons (Fsp3) is 0.632. The number of fused-ring (bicyclic) bond motifs is 4. The van der Waals surface area contributed by atoms with Crippen molar-refractivity contribution >= 4 is 23.2 Å². The van der Waals surface area contributed by atoms with Gasteiger partial charge in [-0.25, -0.2) is 4.98 Å². The molecule has 0 bridgehead atoms. The molecule has 1 saturated carbocycles. The molecule has 6 nitrogen and oxygen atoms in total. The Bertz CT molecular complexity index is 799. The van der Waals surface area contributed by atoms with Crippen LogP contribution in [-0.2, 0) is 10.3 Å². The first-order chi connectivity index (χ1) is 12.3. The van der Waals surface area contributed by atoms with Crippen molar-refractivity contribution in [3.05, 3.63) is 18.0 Å². The number of nitrogens with one attached hydrogen (secondary N) is 1. The van der Waals surface area contributed by atoms with E-state index in [0.717, 1.165) is 49.6 Å². The zero-order valence-corrected chi connectivity index (χ0v) is 14.6. The molecule has 1 aliphatic carbocycles. The van der Waals surface area contributed by atoms with Gasteiger partial charge >= 0.3 is 0 Å². The van der Waals surface area contributed by atoms with Crippen LogP contribution in [0, 0.1) is 0 Å². The van der Waals surface area contributed by atoms with Crippen molar-refractivity contribution in [2.75, 3.05) is 25.1 Å². The maximum absolute atomic E-state index is 5.45. The zero-order valence-electron chi connectivity index (χ0n) is 14.6. The van der Waals surface area contributed by atoms with Gasteiger partial charge in [-0.3, -0.25) is 4.99 Å². The quantitative estimate of drug-likeness (QED) is 0.913. The molecule has 6 heteroatoms. The number of nitrogens with zero attached hydrogens (tertiary/aromatic N) is 4. The Hall–Kier alpha value is -1.95. The maximum Gasteiger partial charge on any atom is 0.224 e. The summed E-state index contributed by atoms with van der Waals surface area (Å²) in [5, 5.41) is 4.63. The van der Waals surface area contributed by atoms with Crippen LogP contribution >= 0.6 is 0 Å². The molecule has 0 amide bonds. The fourth-order valence-electron chi connectivity index (χ4n) is 4.67. The lowest BCUT2D eigenvalue weighted by Crippen LogP contribution is -2.42. The summed E-state index contributed by atoms with van der Waals surface area (Å²) in [5.74, 6) is 0.744. The van der Waals surface area contributed by atoms with Gasteiger partial charge in [0.25, 0.3) is 0 Å². The Balaban J connectivity index is 1.54. The average molecular weight is 339 g/mol. The lowest BCUT2D eigenvalue weighted by Gasteiger charge is -2.40. The van der Waals surface area contributed by atoms with Crippen LogP contribution in [0.15, 0.2) is 17.3 Å². The van der Waals surface area contributed by atoms with Gasteiger partial charge in [0.05, 0.1) is 17.8 Å². The van der Waals surface area contributed by atoms with Gasteiger partial charge in [0.15, 0.2) is 0 Å². The van der Waals surface area contributed by atoms with E-state index >= 15 is 0 Å². The number of ether oxygens (including phenoxy) is 1. The third-order valence-electron chi connectivity index (χ3n) is 5.99. The molecular formula is C19H25N5O. The average Bonchev–Trinajstić information content (AvgIpc) is 3.03. The first-order valence-electron chi connectivity index (χ1n) is 9.57. The second-order valence-electron chi connectivity index (χ2n) is 7.66. The van der Waals surface area contributed by atoms with Crippen molar-refractivity contribution in [2.24, 2.45) is 4.99 Å². The van der Waals surface area contributed by atoms with Crippen LogP contribution in [0.25, 0.3) is 11.0 Å². The summed E-state index contributed by atoms with van der Waals surface area (Å²) < 4.78 is 7.91. The molecule has 2 aliphatic heterocycles. The maximum atomic E-state index is 5.45. The molecule has 0 atom stereocenters. The van der Waals surface area contributed by atoms with E-state index in [0.29, 0.717) is 6.04 Å². The normalized spacial score (nSPS) is 23.0. The molecule has 132 valence electrons. The van der Waals surface area contributed by atoms with E-state index in [9.17, 15) is 0 Å². The first-order valence-corrected chi connectivity index (χ1v) is 9.57. The lowest BCUT2D eigenvalue weighted by atomic mass is 9.80. The van der Waals surface area contributed by atoms with Crippen LogP contribution in [0.4, 0.5) is 5.95 Å². The number of hydrogen-bond acceptors (Lipinski definition) is 5. The Morgan fingerprint density at radius 1 is 1.16 bits per heavy atom. The van der Waals surface area contributed by atoms with Crippen LogP contribution in [0.2, 0.25) is 0 Å². The largest absolute Gasteiger partial charge is 0.381 e. The predicted octanol–water partition coefficient (Wildman–Crippen LogP) is 3.11. The van der Waals surface area contributed by atoms with E-state index in [1.807, 2.05) is 12.4 Å². The van der Waals surface area contributed by atoms with Gasteiger partial charge in [0.1, 0.15) is 5.65 Å². The van der Waals surface area contributed by atoms with Crippen LogP contribution < -0.4 is 5.32 Å². The van der Waals surface area contributed by atoms with Crippen molar-refractivity contribution < 1.29 is 4.74 Å². The van der Waals surface area contributed by atoms with Gasteiger partial charge in [0, 0.05) is 37.1 Å². The highest BCUT2D eigenvalue weighted by Crippen LogP contribution is 2.40. The standard InChI is InChI=1S/C19H25N5O/c1-2-6-19(7-3-1)13-20-12-16-10-14-11-21-18(23-17(14)24(16)19)22-15-4-8-25-9-5-15/h10-12,15H,1-9,13H2,(H,21,22,23). The van der Waals surface area contributed by atoms with Crippen LogP contribution in [-0.4, -0.2) is 46.6 Å². The zero-order chi connectivity index (χ0) is 16.7. The third-order valence-corrected chi connectivity index (χ3v) is 5.99. The van der Waals surface area contributed by atoms with Gasteiger partial charge in [-0.15, -0.1) is 0 Å². The van der Waals surface area contributed by atoms with Gasteiger partial charge in [-0.05, 0) is 31.7 Å². The predicted molar refractivity (Wildman–Crippen MR) is 98.5 cm³/mol. The van der Waals surface area contributed by atoms with E-state index in [4.69, 9.17) is 9.72 Å². The Labute approximate surface area is 147 Å². The number of aliphatic imine (C=N–C) groups is 1. The van der Waals surface area contributed by atoms with Gasteiger partial charge in [0.2, 0.25) is 5.95 Å². The minimum atomic E-state index is 0.119. The Morgan fingerprint density at radius 2 is 2.00 bits per heavy atom. The van der Waals surface area contributed by atoms with Crippen molar-refractivity contribution in [2.45, 2.75) is 56.5 Å². The molecule has 3 aliphatic rings. The highest BCUT2D eigenvalue weighted by atomic mass is 16.5. The van der Waals surface area contributed by atoms with Crippen LogP contribution in [0.1, 0.15) is 50.6 Å². The number of anilines is 1. The molecule has 0 unspecified atom stereocenters. The second-order valence-corrected chi connectivity index (χ2v) is 7.66. The number of aromatic nitrogens is 3. The molecule has 0 aromatic carbocycles. The smallest absolute Gasteiger partial charge is 0.224 e. The van der Waals surface area contributed by atoms with Crippen molar-refractivity contribution in [3.8, 4) is 0 Å². The Kier molecular flexibility index (Phi) is 3.73. The Morgan fingerprint density at radius 3 is 2.84 bits per heavy atom. The summed E-state index contributed by atoms with van der Waals surface area (Å²) in [6, 6.07) is 2.60. The highest BCUT2D eigenvalue weighted by Gasteiger charge is 2.38. The molecule has 0 radical (unpaired) electrons. The topological polar surface area (TPSA) is 64.3 Å². The molecule has 2 aromatic rings. The van der Waals surface area contributed by atoms with Crippen molar-refractivity contribution in [1.29, 1.82) is 0 Å². The van der Waals surface area contributed by atoms with E-state index in [1.54, 1.807) is 0 Å². The first kappa shape index (κ1) is 15.3. The summed E-state index contributed by atoms with van der Waals surface area (Å²) in [6.45, 7) is 2.52. The number of rotatable bonds is 2. The van der Waals surface area contributed by atoms with E-state index in [1.165, 1.54) is 37.8 Å². The van der Waals surface area contributed by atoms with Crippen molar-refractivity contribution in [3.63, 3.8) is 0 Å². The minimum Gasteiger partial charge on any atom is -0.381 e. The summed E-state index contributed by atoms with van der Waals surface area (Å²) in [6.07, 6.45) is 12.3. The highest BCUT2D eigenvalue weighted by molar-refractivity contribution is 5.90. The molecule has 25 heavy (non-hydrogen) atoms. The minimum absolute atomic E-state index is 0.119. The van der Waals surface area contributed by atoms with E-state index < -0.39 is 0 Å². The summed E-state index contributed by atoms with van der Waals surface area (Å²) in [4.78, 5) is 14.2. The SMILES string of the molecule is C1=NCC2(CCCCC2)n2c1cc1cnc(NC3CCOCC3)nc12. The summed E-state index contributed by atoms with van der Waals surface area (Å²) in [5.41, 5.74) is 2.36. The molecule has 1 N–H and O–H groups in total. The molecular weight excluding hydrogens is 314 g/mol. The fourth-order valence-corrected chi connectivity index (χ4v) is 4.67. The van der Waals surface area contributed by atoms with Crippen LogP contribution in [0.5, 0.6) is 0 Å². The van der Waals surface area contributed by atoms with Crippen molar-refractivity contribution in [1.82, 2.24) is 14.5 Å². The van der Waals surface area contributed by atoms with Gasteiger partial charge < -0.3 is 14.6 Å². The van der Waals surface area contributed by atoms with E-state index in [-0.39, 0.29) is 5.54 Å². The molecule has 2 aromatic heterocycles. The number of hydrogen-bond donors (Lipinski definition) is 1. The van der Waals surface area contributed by atoms with Gasteiger partial charge in [-0.2, -0.15) is 4.98 Å². The second kappa shape index (κ2) is 6.09. The summed E-state index contributed by atoms with van der Waals surface area (Å²) >= 11 is 0. The summed E-state index contributed by atoms with van der Waals surface area (Å²) in [7, 11) is 0. The molecule has 5 rings (SSSR count).